The predicted octanol–water partition coefficient (Wildman–Crippen LogP) is 3.72. The lowest BCUT2D eigenvalue weighted by Gasteiger charge is -2.34. The Labute approximate surface area is 112 Å². The van der Waals surface area contributed by atoms with Gasteiger partial charge >= 0.3 is 0 Å². The molecule has 19 heavy (non-hydrogen) atoms. The Morgan fingerprint density at radius 1 is 1.42 bits per heavy atom. The molecule has 1 aromatic heterocycles. The molecule has 2 N–H and O–H groups in total. The van der Waals surface area contributed by atoms with E-state index in [1.165, 1.54) is 18.6 Å². The van der Waals surface area contributed by atoms with Crippen molar-refractivity contribution in [1.82, 2.24) is 4.98 Å². The molecule has 0 radical (unpaired) electrons. The summed E-state index contributed by atoms with van der Waals surface area (Å²) in [7, 11) is 0. The van der Waals surface area contributed by atoms with Gasteiger partial charge in [-0.05, 0) is 43.7 Å². The Morgan fingerprint density at radius 3 is 2.84 bits per heavy atom. The molecule has 0 spiro atoms. The number of oxazole rings is 1. The number of benzene rings is 1. The maximum absolute atomic E-state index is 13.2. The van der Waals surface area contributed by atoms with E-state index in [4.69, 9.17) is 10.2 Å². The molecule has 1 aliphatic carbocycles. The molecule has 102 valence electrons. The highest BCUT2D eigenvalue weighted by Crippen LogP contribution is 2.39. The quantitative estimate of drug-likeness (QED) is 0.897. The maximum atomic E-state index is 13.2. The van der Waals surface area contributed by atoms with Crippen molar-refractivity contribution in [2.45, 2.75) is 44.6 Å². The molecule has 0 atom stereocenters. The third-order valence-electron chi connectivity index (χ3n) is 4.35. The van der Waals surface area contributed by atoms with Crippen LogP contribution < -0.4 is 5.73 Å². The van der Waals surface area contributed by atoms with E-state index in [1.807, 2.05) is 0 Å². The molecule has 1 fully saturated rings. The van der Waals surface area contributed by atoms with Crippen molar-refractivity contribution in [2.75, 3.05) is 0 Å². The van der Waals surface area contributed by atoms with Gasteiger partial charge in [0.25, 0.3) is 0 Å². The SMILES string of the molecule is CCC1CCC(N)(c2nc3cc(F)ccc3o2)CC1. The predicted molar refractivity (Wildman–Crippen MR) is 72.1 cm³/mol. The number of rotatable bonds is 2. The molecule has 1 heterocycles. The van der Waals surface area contributed by atoms with E-state index in [0.717, 1.165) is 31.6 Å². The van der Waals surface area contributed by atoms with Crippen molar-refractivity contribution in [1.29, 1.82) is 0 Å². The van der Waals surface area contributed by atoms with Crippen LogP contribution in [0.4, 0.5) is 4.39 Å². The molecule has 0 aliphatic heterocycles. The van der Waals surface area contributed by atoms with Crippen LogP contribution in [-0.2, 0) is 5.54 Å². The van der Waals surface area contributed by atoms with Crippen LogP contribution in [0.5, 0.6) is 0 Å². The van der Waals surface area contributed by atoms with Gasteiger partial charge in [-0.25, -0.2) is 9.37 Å². The summed E-state index contributed by atoms with van der Waals surface area (Å²) in [5.74, 6) is 1.02. The number of aromatic nitrogens is 1. The summed E-state index contributed by atoms with van der Waals surface area (Å²) in [6.45, 7) is 2.22. The lowest BCUT2D eigenvalue weighted by Crippen LogP contribution is -2.40. The fourth-order valence-electron chi connectivity index (χ4n) is 2.93. The monoisotopic (exact) mass is 262 g/mol. The topological polar surface area (TPSA) is 52.0 Å². The molecule has 0 bridgehead atoms. The average molecular weight is 262 g/mol. The van der Waals surface area contributed by atoms with Gasteiger partial charge in [-0.3, -0.25) is 0 Å². The highest BCUT2D eigenvalue weighted by atomic mass is 19.1. The van der Waals surface area contributed by atoms with Crippen LogP contribution in [0.3, 0.4) is 0 Å². The molecule has 3 nitrogen and oxygen atoms in total. The van der Waals surface area contributed by atoms with Crippen LogP contribution in [0.15, 0.2) is 22.6 Å². The second-order valence-corrected chi connectivity index (χ2v) is 5.64. The van der Waals surface area contributed by atoms with E-state index in [1.54, 1.807) is 6.07 Å². The van der Waals surface area contributed by atoms with Gasteiger partial charge in [0.1, 0.15) is 11.3 Å². The van der Waals surface area contributed by atoms with Crippen LogP contribution in [-0.4, -0.2) is 4.98 Å². The summed E-state index contributed by atoms with van der Waals surface area (Å²) in [6.07, 6.45) is 5.21. The lowest BCUT2D eigenvalue weighted by atomic mass is 9.76. The second-order valence-electron chi connectivity index (χ2n) is 5.64. The minimum Gasteiger partial charge on any atom is -0.439 e. The van der Waals surface area contributed by atoms with Crippen molar-refractivity contribution < 1.29 is 8.81 Å². The lowest BCUT2D eigenvalue weighted by molar-refractivity contribution is 0.198. The van der Waals surface area contributed by atoms with Crippen molar-refractivity contribution >= 4 is 11.1 Å². The van der Waals surface area contributed by atoms with Crippen molar-refractivity contribution in [3.05, 3.63) is 29.9 Å². The Balaban J connectivity index is 1.91. The fourth-order valence-corrected chi connectivity index (χ4v) is 2.93. The second kappa shape index (κ2) is 4.60. The number of hydrogen-bond acceptors (Lipinski definition) is 3. The first-order chi connectivity index (χ1) is 9.10. The van der Waals surface area contributed by atoms with E-state index in [-0.39, 0.29) is 5.82 Å². The molecular formula is C15H19FN2O. The summed E-state index contributed by atoms with van der Waals surface area (Å²) in [4.78, 5) is 4.39. The summed E-state index contributed by atoms with van der Waals surface area (Å²) in [6, 6.07) is 4.39. The molecule has 0 unspecified atom stereocenters. The highest BCUT2D eigenvalue weighted by Gasteiger charge is 2.37. The minimum absolute atomic E-state index is 0.298. The first-order valence-corrected chi connectivity index (χ1v) is 6.96. The van der Waals surface area contributed by atoms with E-state index in [9.17, 15) is 4.39 Å². The van der Waals surface area contributed by atoms with Gasteiger partial charge in [0.2, 0.25) is 5.89 Å². The van der Waals surface area contributed by atoms with E-state index >= 15 is 0 Å². The summed E-state index contributed by atoms with van der Waals surface area (Å²) in [5.41, 5.74) is 7.13. The first kappa shape index (κ1) is 12.6. The van der Waals surface area contributed by atoms with E-state index < -0.39 is 5.54 Å². The Morgan fingerprint density at radius 2 is 2.16 bits per heavy atom. The van der Waals surface area contributed by atoms with Crippen LogP contribution in [0.25, 0.3) is 11.1 Å². The smallest absolute Gasteiger partial charge is 0.215 e. The summed E-state index contributed by atoms with van der Waals surface area (Å²) >= 11 is 0. The fraction of sp³-hybridized carbons (Fsp3) is 0.533. The van der Waals surface area contributed by atoms with Crippen LogP contribution >= 0.6 is 0 Å². The standard InChI is InChI=1S/C15H19FN2O/c1-2-10-5-7-15(17,8-6-10)14-18-12-9-11(16)3-4-13(12)19-14/h3-4,9-10H,2,5-8,17H2,1H3. The Bertz CT molecular complexity index is 585. The Hall–Kier alpha value is -1.42. The molecule has 3 rings (SSSR count). The molecule has 4 heteroatoms. The number of nitrogens with two attached hydrogens (primary N) is 1. The third-order valence-corrected chi connectivity index (χ3v) is 4.35. The number of nitrogens with zero attached hydrogens (tertiary/aromatic N) is 1. The summed E-state index contributed by atoms with van der Waals surface area (Å²) in [5, 5.41) is 0. The molecule has 1 saturated carbocycles. The van der Waals surface area contributed by atoms with Gasteiger partial charge in [0, 0.05) is 6.07 Å². The van der Waals surface area contributed by atoms with Gasteiger partial charge in [0.15, 0.2) is 5.58 Å². The highest BCUT2D eigenvalue weighted by molar-refractivity contribution is 5.72. The van der Waals surface area contributed by atoms with Crippen molar-refractivity contribution in [3.8, 4) is 0 Å². The minimum atomic E-state index is -0.485. The molecule has 1 aromatic carbocycles. The molecule has 0 saturated heterocycles. The zero-order valence-electron chi connectivity index (χ0n) is 11.2. The van der Waals surface area contributed by atoms with Gasteiger partial charge in [-0.2, -0.15) is 0 Å². The largest absolute Gasteiger partial charge is 0.439 e. The van der Waals surface area contributed by atoms with Gasteiger partial charge in [-0.1, -0.05) is 13.3 Å². The van der Waals surface area contributed by atoms with Crippen molar-refractivity contribution in [2.24, 2.45) is 11.7 Å². The van der Waals surface area contributed by atoms with Crippen LogP contribution in [0, 0.1) is 11.7 Å². The van der Waals surface area contributed by atoms with E-state index in [0.29, 0.717) is 17.0 Å². The van der Waals surface area contributed by atoms with Gasteiger partial charge in [0.05, 0.1) is 5.54 Å². The number of halogens is 1. The molecule has 0 amide bonds. The van der Waals surface area contributed by atoms with Gasteiger partial charge in [-0.15, -0.1) is 0 Å². The summed E-state index contributed by atoms with van der Waals surface area (Å²) < 4.78 is 18.9. The Kier molecular flexibility index (Phi) is 3.05. The van der Waals surface area contributed by atoms with Crippen LogP contribution in [0.1, 0.15) is 44.9 Å². The first-order valence-electron chi connectivity index (χ1n) is 6.96. The normalized spacial score (nSPS) is 27.8. The van der Waals surface area contributed by atoms with Crippen molar-refractivity contribution in [3.63, 3.8) is 0 Å². The number of fused-ring (bicyclic) bond motifs is 1. The zero-order valence-corrected chi connectivity index (χ0v) is 11.2. The molecule has 2 aromatic rings. The van der Waals surface area contributed by atoms with E-state index in [2.05, 4.69) is 11.9 Å². The van der Waals surface area contributed by atoms with Gasteiger partial charge < -0.3 is 10.2 Å². The van der Waals surface area contributed by atoms with Crippen LogP contribution in [0.2, 0.25) is 0 Å². The molecule has 1 aliphatic rings. The molecular weight excluding hydrogens is 243 g/mol. The number of hydrogen-bond donors (Lipinski definition) is 1. The average Bonchev–Trinajstić information content (AvgIpc) is 2.83. The third kappa shape index (κ3) is 2.25. The maximum Gasteiger partial charge on any atom is 0.215 e. The zero-order chi connectivity index (χ0) is 13.5.